The van der Waals surface area contributed by atoms with Crippen molar-refractivity contribution in [3.05, 3.63) is 88.2 Å². The van der Waals surface area contributed by atoms with E-state index in [1.54, 1.807) is 12.4 Å². The lowest BCUT2D eigenvalue weighted by Crippen LogP contribution is -2.25. The first-order chi connectivity index (χ1) is 21.6. The molecule has 0 spiro atoms. The van der Waals surface area contributed by atoms with Gasteiger partial charge in [-0.1, -0.05) is 88.9 Å². The minimum Gasteiger partial charge on any atom is -0.372 e. The standard InChI is InChI=1S/C41H45N3/c1-5-9-25-43(26-10-6-2)40-23-21-36-19-17-34-29-35(33-42-32-34)18-20-37-22-24-41(44(27-11-7-3)28-12-8-4)31-39(37)16-14-13-15-38(36)30-40/h21-24,29-33H,5-12,25-28H2,1-4H3. The maximum atomic E-state index is 4.42. The molecule has 0 unspecified atom stereocenters. The van der Waals surface area contributed by atoms with Crippen LogP contribution in [0.4, 0.5) is 11.4 Å². The van der Waals surface area contributed by atoms with Crippen LogP contribution in [-0.4, -0.2) is 31.2 Å². The average Bonchev–Trinajstić information content (AvgIpc) is 3.05. The second kappa shape index (κ2) is 17.5. The molecule has 0 saturated heterocycles. The SMILES string of the molecule is CCCCN(CCCC)c1ccc2c(c1)C#CC#Cc1cc(N(CCCC)CCCC)ccc1C#Cc1cncc(c1)C#C2. The first-order valence-electron chi connectivity index (χ1n) is 16.4. The summed E-state index contributed by atoms with van der Waals surface area (Å²) in [6.07, 6.45) is 12.9. The maximum absolute atomic E-state index is 4.42. The van der Waals surface area contributed by atoms with Crippen molar-refractivity contribution in [2.45, 2.75) is 79.1 Å². The molecule has 1 heterocycles. The number of hydrogen-bond acceptors (Lipinski definition) is 3. The van der Waals surface area contributed by atoms with E-state index in [1.165, 1.54) is 62.7 Å². The van der Waals surface area contributed by atoms with Crippen LogP contribution in [-0.2, 0) is 0 Å². The van der Waals surface area contributed by atoms with Crippen LogP contribution in [0.25, 0.3) is 0 Å². The zero-order valence-electron chi connectivity index (χ0n) is 27.0. The smallest absolute Gasteiger partial charge is 0.0444 e. The maximum Gasteiger partial charge on any atom is 0.0444 e. The molecule has 0 fully saturated rings. The van der Waals surface area contributed by atoms with Gasteiger partial charge in [0.05, 0.1) is 0 Å². The minimum atomic E-state index is 0.830. The molecule has 224 valence electrons. The highest BCUT2D eigenvalue weighted by Crippen LogP contribution is 2.22. The van der Waals surface area contributed by atoms with E-state index < -0.39 is 0 Å². The third kappa shape index (κ3) is 9.47. The van der Waals surface area contributed by atoms with E-state index in [0.29, 0.717) is 0 Å². The second-order valence-electron chi connectivity index (χ2n) is 11.3. The van der Waals surface area contributed by atoms with Gasteiger partial charge in [-0.25, -0.2) is 0 Å². The zero-order valence-corrected chi connectivity index (χ0v) is 27.0. The number of rotatable bonds is 14. The van der Waals surface area contributed by atoms with Crippen LogP contribution in [0.5, 0.6) is 0 Å². The van der Waals surface area contributed by atoms with Crippen molar-refractivity contribution >= 4 is 11.4 Å². The Bertz CT molecular complexity index is 1520. The molecule has 1 aliphatic carbocycles. The van der Waals surface area contributed by atoms with Crippen molar-refractivity contribution in [1.29, 1.82) is 0 Å². The highest BCUT2D eigenvalue weighted by atomic mass is 15.1. The number of nitrogens with zero attached hydrogens (tertiary/aromatic N) is 3. The van der Waals surface area contributed by atoms with Crippen molar-refractivity contribution in [3.63, 3.8) is 0 Å². The number of fused-ring (bicyclic) bond motifs is 4. The number of anilines is 2. The van der Waals surface area contributed by atoms with Gasteiger partial charge in [-0.05, 0) is 80.0 Å². The Morgan fingerprint density at radius 1 is 0.477 bits per heavy atom. The van der Waals surface area contributed by atoms with E-state index in [0.717, 1.165) is 59.6 Å². The summed E-state index contributed by atoms with van der Waals surface area (Å²) >= 11 is 0. The summed E-state index contributed by atoms with van der Waals surface area (Å²) in [4.78, 5) is 9.38. The molecule has 2 bridgehead atoms. The zero-order chi connectivity index (χ0) is 31.0. The van der Waals surface area contributed by atoms with Crippen LogP contribution < -0.4 is 9.80 Å². The number of pyridine rings is 1. The Balaban J connectivity index is 1.81. The molecular formula is C41H45N3. The Hall–Kier alpha value is -4.57. The molecule has 0 atom stereocenters. The fraction of sp³-hybridized carbons (Fsp3) is 0.390. The summed E-state index contributed by atoms with van der Waals surface area (Å²) in [7, 11) is 0. The summed E-state index contributed by atoms with van der Waals surface area (Å²) in [5.41, 5.74) is 7.63. The Morgan fingerprint density at radius 2 is 0.886 bits per heavy atom. The highest BCUT2D eigenvalue weighted by Gasteiger charge is 2.10. The molecule has 3 heteroatoms. The molecule has 0 saturated carbocycles. The fourth-order valence-corrected chi connectivity index (χ4v) is 5.07. The van der Waals surface area contributed by atoms with Gasteiger partial charge in [0.2, 0.25) is 0 Å². The summed E-state index contributed by atoms with van der Waals surface area (Å²) in [6, 6.07) is 14.9. The molecule has 3 aromatic rings. The summed E-state index contributed by atoms with van der Waals surface area (Å²) in [5.74, 6) is 26.3. The number of unbranched alkanes of at least 4 members (excludes halogenated alkanes) is 4. The molecule has 1 aromatic heterocycles. The van der Waals surface area contributed by atoms with Gasteiger partial charge in [0.15, 0.2) is 0 Å². The largest absolute Gasteiger partial charge is 0.372 e. The van der Waals surface area contributed by atoms with Crippen molar-refractivity contribution in [2.75, 3.05) is 36.0 Å². The highest BCUT2D eigenvalue weighted by molar-refractivity contribution is 5.64. The molecule has 44 heavy (non-hydrogen) atoms. The van der Waals surface area contributed by atoms with Crippen LogP contribution in [0.15, 0.2) is 54.9 Å². The lowest BCUT2D eigenvalue weighted by molar-refractivity contribution is 0.678. The summed E-state index contributed by atoms with van der Waals surface area (Å²) in [6.45, 7) is 13.1. The van der Waals surface area contributed by atoms with Gasteiger partial charge < -0.3 is 9.80 Å². The molecule has 2 aromatic carbocycles. The van der Waals surface area contributed by atoms with Crippen LogP contribution >= 0.6 is 0 Å². The predicted octanol–water partition coefficient (Wildman–Crippen LogP) is 8.41. The Labute approximate surface area is 266 Å². The van der Waals surface area contributed by atoms with Gasteiger partial charge in [0, 0.05) is 83.3 Å². The van der Waals surface area contributed by atoms with Gasteiger partial charge in [0.25, 0.3) is 0 Å². The first kappa shape index (κ1) is 32.3. The van der Waals surface area contributed by atoms with Gasteiger partial charge >= 0.3 is 0 Å². The fourth-order valence-electron chi connectivity index (χ4n) is 5.07. The molecule has 0 amide bonds. The summed E-state index contributed by atoms with van der Waals surface area (Å²) in [5, 5.41) is 0. The molecule has 0 radical (unpaired) electrons. The van der Waals surface area contributed by atoms with Crippen LogP contribution in [0, 0.1) is 47.4 Å². The number of benzene rings is 2. The molecular weight excluding hydrogens is 534 g/mol. The summed E-state index contributed by atoms with van der Waals surface area (Å²) < 4.78 is 0. The van der Waals surface area contributed by atoms with Gasteiger partial charge in [0.1, 0.15) is 0 Å². The molecule has 4 rings (SSSR count). The van der Waals surface area contributed by atoms with Crippen molar-refractivity contribution in [1.82, 2.24) is 4.98 Å². The van der Waals surface area contributed by atoms with E-state index in [9.17, 15) is 0 Å². The van der Waals surface area contributed by atoms with Gasteiger partial charge in [-0.15, -0.1) is 0 Å². The van der Waals surface area contributed by atoms with Crippen molar-refractivity contribution in [2.24, 2.45) is 0 Å². The van der Waals surface area contributed by atoms with Gasteiger partial charge in [-0.3, -0.25) is 4.98 Å². The van der Waals surface area contributed by atoms with E-state index in [2.05, 4.69) is 126 Å². The predicted molar refractivity (Wildman–Crippen MR) is 187 cm³/mol. The van der Waals surface area contributed by atoms with Gasteiger partial charge in [-0.2, -0.15) is 0 Å². The Kier molecular flexibility index (Phi) is 12.9. The lowest BCUT2D eigenvalue weighted by Gasteiger charge is -2.25. The third-order valence-corrected chi connectivity index (χ3v) is 7.74. The molecule has 3 nitrogen and oxygen atoms in total. The van der Waals surface area contributed by atoms with Crippen LogP contribution in [0.2, 0.25) is 0 Å². The van der Waals surface area contributed by atoms with E-state index in [-0.39, 0.29) is 0 Å². The lowest BCUT2D eigenvalue weighted by atomic mass is 10.0. The molecule has 0 N–H and O–H groups in total. The quantitative estimate of drug-likeness (QED) is 0.179. The van der Waals surface area contributed by atoms with E-state index in [4.69, 9.17) is 0 Å². The van der Waals surface area contributed by atoms with Crippen molar-refractivity contribution < 1.29 is 0 Å². The minimum absolute atomic E-state index is 0.830. The monoisotopic (exact) mass is 579 g/mol. The van der Waals surface area contributed by atoms with E-state index in [1.807, 2.05) is 6.07 Å². The molecule has 0 aliphatic heterocycles. The third-order valence-electron chi connectivity index (χ3n) is 7.74. The van der Waals surface area contributed by atoms with E-state index >= 15 is 0 Å². The number of hydrogen-bond donors (Lipinski definition) is 0. The average molecular weight is 580 g/mol. The first-order valence-corrected chi connectivity index (χ1v) is 16.4. The molecule has 1 aliphatic rings. The van der Waals surface area contributed by atoms with Crippen LogP contribution in [0.1, 0.15) is 112 Å². The second-order valence-corrected chi connectivity index (χ2v) is 11.3. The van der Waals surface area contributed by atoms with Crippen LogP contribution in [0.3, 0.4) is 0 Å². The topological polar surface area (TPSA) is 19.4 Å². The number of aromatic nitrogens is 1. The van der Waals surface area contributed by atoms with Crippen molar-refractivity contribution in [3.8, 4) is 47.4 Å². The Morgan fingerprint density at radius 3 is 1.27 bits per heavy atom. The normalized spacial score (nSPS) is 10.9.